The highest BCUT2D eigenvalue weighted by atomic mass is 19.1. The predicted molar refractivity (Wildman–Crippen MR) is 139 cm³/mol. The van der Waals surface area contributed by atoms with Crippen LogP contribution in [0.4, 0.5) is 39.2 Å². The molecule has 1 aromatic carbocycles. The van der Waals surface area contributed by atoms with Gasteiger partial charge in [-0.15, -0.1) is 0 Å². The van der Waals surface area contributed by atoms with Crippen LogP contribution in [-0.2, 0) is 0 Å². The van der Waals surface area contributed by atoms with Gasteiger partial charge in [0.1, 0.15) is 18.2 Å². The fourth-order valence-corrected chi connectivity index (χ4v) is 4.08. The standard InChI is InChI=1S/C25H31FN8O2/c1-16(2)36-20-5-4-17(34-11-9-33(3)10-12-34)14-19(20)29-25-28-15-18(26)23(32-25)30-22-7-6-21-24(31-22)27-8-13-35-21/h4-7,14-16H,8-13H2,1-3H3,(H3,27,28,29,30,31,32). The Hall–Kier alpha value is -3.86. The number of likely N-dealkylation sites (N-methyl/N-ethyl adjacent to an activating group) is 1. The van der Waals surface area contributed by atoms with Crippen LogP contribution in [0.1, 0.15) is 13.8 Å². The summed E-state index contributed by atoms with van der Waals surface area (Å²) in [5.41, 5.74) is 1.79. The van der Waals surface area contributed by atoms with Gasteiger partial charge in [0.15, 0.2) is 23.2 Å². The van der Waals surface area contributed by atoms with Crippen LogP contribution in [0.3, 0.4) is 0 Å². The van der Waals surface area contributed by atoms with E-state index in [0.29, 0.717) is 42.0 Å². The molecule has 190 valence electrons. The monoisotopic (exact) mass is 494 g/mol. The van der Waals surface area contributed by atoms with Crippen molar-refractivity contribution in [1.29, 1.82) is 0 Å². The first-order chi connectivity index (χ1) is 17.4. The Morgan fingerprint density at radius 2 is 1.92 bits per heavy atom. The first-order valence-corrected chi connectivity index (χ1v) is 12.1. The number of rotatable bonds is 7. The van der Waals surface area contributed by atoms with Gasteiger partial charge in [0.25, 0.3) is 0 Å². The van der Waals surface area contributed by atoms with Crippen molar-refractivity contribution >= 4 is 34.8 Å². The summed E-state index contributed by atoms with van der Waals surface area (Å²) in [5, 5.41) is 9.34. The van der Waals surface area contributed by atoms with E-state index in [1.807, 2.05) is 26.0 Å². The largest absolute Gasteiger partial charge is 0.489 e. The van der Waals surface area contributed by atoms with Gasteiger partial charge < -0.3 is 35.2 Å². The van der Waals surface area contributed by atoms with Crippen molar-refractivity contribution in [2.75, 3.05) is 67.2 Å². The molecule has 36 heavy (non-hydrogen) atoms. The Morgan fingerprint density at radius 1 is 1.08 bits per heavy atom. The molecule has 1 fully saturated rings. The Kier molecular flexibility index (Phi) is 6.90. The maximum Gasteiger partial charge on any atom is 0.229 e. The van der Waals surface area contributed by atoms with Crippen LogP contribution in [-0.4, -0.2) is 72.3 Å². The van der Waals surface area contributed by atoms with Gasteiger partial charge in [-0.05, 0) is 51.2 Å². The Balaban J connectivity index is 1.39. The van der Waals surface area contributed by atoms with Crippen molar-refractivity contribution in [1.82, 2.24) is 19.9 Å². The molecule has 4 heterocycles. The van der Waals surface area contributed by atoms with Crippen LogP contribution >= 0.6 is 0 Å². The van der Waals surface area contributed by atoms with E-state index >= 15 is 0 Å². The van der Waals surface area contributed by atoms with Crippen LogP contribution in [0.5, 0.6) is 11.5 Å². The smallest absolute Gasteiger partial charge is 0.229 e. The zero-order valence-corrected chi connectivity index (χ0v) is 20.7. The van der Waals surface area contributed by atoms with E-state index in [0.717, 1.165) is 38.1 Å². The maximum atomic E-state index is 14.6. The number of halogens is 1. The molecule has 0 aliphatic carbocycles. The third-order valence-corrected chi connectivity index (χ3v) is 5.94. The lowest BCUT2D eigenvalue weighted by molar-refractivity contribution is 0.243. The summed E-state index contributed by atoms with van der Waals surface area (Å²) in [4.78, 5) is 17.6. The van der Waals surface area contributed by atoms with Crippen LogP contribution in [0.15, 0.2) is 36.5 Å². The normalized spacial score (nSPS) is 15.6. The number of aromatic nitrogens is 3. The van der Waals surface area contributed by atoms with Gasteiger partial charge in [-0.1, -0.05) is 0 Å². The third-order valence-electron chi connectivity index (χ3n) is 5.94. The third kappa shape index (κ3) is 5.51. The van der Waals surface area contributed by atoms with E-state index < -0.39 is 5.82 Å². The van der Waals surface area contributed by atoms with E-state index in [4.69, 9.17) is 9.47 Å². The second-order valence-electron chi connectivity index (χ2n) is 9.10. The van der Waals surface area contributed by atoms with Gasteiger partial charge >= 0.3 is 0 Å². The van der Waals surface area contributed by atoms with Crippen molar-refractivity contribution in [3.8, 4) is 11.5 Å². The number of benzene rings is 1. The fraction of sp³-hybridized carbons (Fsp3) is 0.400. The number of nitrogens with one attached hydrogen (secondary N) is 3. The molecule has 0 bridgehead atoms. The summed E-state index contributed by atoms with van der Waals surface area (Å²) in [5.74, 6) is 2.05. The van der Waals surface area contributed by atoms with E-state index in [1.54, 1.807) is 12.1 Å². The van der Waals surface area contributed by atoms with Crippen LogP contribution in [0.2, 0.25) is 0 Å². The molecule has 0 atom stereocenters. The topological polar surface area (TPSA) is 99.7 Å². The molecule has 5 rings (SSSR count). The Morgan fingerprint density at radius 3 is 2.72 bits per heavy atom. The number of piperazine rings is 1. The molecule has 10 nitrogen and oxygen atoms in total. The molecular formula is C25H31FN8O2. The van der Waals surface area contributed by atoms with Crippen molar-refractivity contribution < 1.29 is 13.9 Å². The first kappa shape index (κ1) is 23.9. The molecule has 0 amide bonds. The zero-order valence-electron chi connectivity index (χ0n) is 20.7. The summed E-state index contributed by atoms with van der Waals surface area (Å²) in [7, 11) is 2.13. The summed E-state index contributed by atoms with van der Waals surface area (Å²) >= 11 is 0. The number of nitrogens with zero attached hydrogens (tertiary/aromatic N) is 5. The lowest BCUT2D eigenvalue weighted by atomic mass is 10.2. The average molecular weight is 495 g/mol. The number of pyridine rings is 1. The minimum atomic E-state index is -0.589. The van der Waals surface area contributed by atoms with E-state index in [1.165, 1.54) is 0 Å². The molecule has 2 aliphatic rings. The Labute approximate surface area is 209 Å². The molecule has 3 aromatic rings. The van der Waals surface area contributed by atoms with Crippen molar-refractivity contribution in [3.05, 3.63) is 42.3 Å². The lowest BCUT2D eigenvalue weighted by Crippen LogP contribution is -2.44. The van der Waals surface area contributed by atoms with Crippen molar-refractivity contribution in [2.45, 2.75) is 20.0 Å². The Bertz CT molecular complexity index is 1220. The molecule has 2 aliphatic heterocycles. The number of anilines is 6. The molecule has 1 saturated heterocycles. The SMILES string of the molecule is CC(C)Oc1ccc(N2CCN(C)CC2)cc1Nc1ncc(F)c(Nc2ccc3c(n2)NCCO3)n1. The minimum Gasteiger partial charge on any atom is -0.489 e. The number of ether oxygens (including phenoxy) is 2. The van der Waals surface area contributed by atoms with Gasteiger partial charge in [0, 0.05) is 31.9 Å². The van der Waals surface area contributed by atoms with Gasteiger partial charge in [-0.2, -0.15) is 4.98 Å². The van der Waals surface area contributed by atoms with Crippen molar-refractivity contribution in [2.24, 2.45) is 0 Å². The maximum absolute atomic E-state index is 14.6. The minimum absolute atomic E-state index is 0.0122. The lowest BCUT2D eigenvalue weighted by Gasteiger charge is -2.34. The van der Waals surface area contributed by atoms with Crippen LogP contribution < -0.4 is 30.3 Å². The molecule has 2 aromatic heterocycles. The summed E-state index contributed by atoms with van der Waals surface area (Å²) in [6, 6.07) is 9.54. The highest BCUT2D eigenvalue weighted by Crippen LogP contribution is 2.33. The molecule has 3 N–H and O–H groups in total. The number of fused-ring (bicyclic) bond motifs is 1. The molecule has 0 saturated carbocycles. The summed E-state index contributed by atoms with van der Waals surface area (Å²) in [6.45, 7) is 9.07. The fourth-order valence-electron chi connectivity index (χ4n) is 4.08. The van der Waals surface area contributed by atoms with Gasteiger partial charge in [-0.25, -0.2) is 14.4 Å². The van der Waals surface area contributed by atoms with Gasteiger partial charge in [0.2, 0.25) is 5.95 Å². The zero-order chi connectivity index (χ0) is 25.1. The van der Waals surface area contributed by atoms with Gasteiger partial charge in [-0.3, -0.25) is 0 Å². The highest BCUT2D eigenvalue weighted by Gasteiger charge is 2.18. The van der Waals surface area contributed by atoms with Crippen LogP contribution in [0, 0.1) is 5.82 Å². The van der Waals surface area contributed by atoms with E-state index in [-0.39, 0.29) is 17.9 Å². The van der Waals surface area contributed by atoms with Gasteiger partial charge in [0.05, 0.1) is 24.5 Å². The average Bonchev–Trinajstić information content (AvgIpc) is 2.87. The van der Waals surface area contributed by atoms with Crippen molar-refractivity contribution in [3.63, 3.8) is 0 Å². The molecule has 0 radical (unpaired) electrons. The highest BCUT2D eigenvalue weighted by molar-refractivity contribution is 5.70. The van der Waals surface area contributed by atoms with E-state index in [9.17, 15) is 4.39 Å². The summed E-state index contributed by atoms with van der Waals surface area (Å²) in [6.07, 6.45) is 1.11. The van der Waals surface area contributed by atoms with E-state index in [2.05, 4.69) is 53.8 Å². The molecular weight excluding hydrogens is 463 g/mol. The molecule has 0 unspecified atom stereocenters. The number of hydrogen-bond acceptors (Lipinski definition) is 10. The predicted octanol–water partition coefficient (Wildman–Crippen LogP) is 3.84. The first-order valence-electron chi connectivity index (χ1n) is 12.1. The second kappa shape index (κ2) is 10.4. The molecule has 11 heteroatoms. The number of hydrogen-bond donors (Lipinski definition) is 3. The second-order valence-corrected chi connectivity index (χ2v) is 9.10. The van der Waals surface area contributed by atoms with Crippen LogP contribution in [0.25, 0.3) is 0 Å². The molecule has 0 spiro atoms. The quantitative estimate of drug-likeness (QED) is 0.449. The summed E-state index contributed by atoms with van der Waals surface area (Å²) < 4.78 is 26.2.